The maximum absolute atomic E-state index is 12.8. The third kappa shape index (κ3) is 3.50. The lowest BCUT2D eigenvalue weighted by Gasteiger charge is -2.17. The summed E-state index contributed by atoms with van der Waals surface area (Å²) in [5.41, 5.74) is 4.98. The van der Waals surface area contributed by atoms with Gasteiger partial charge >= 0.3 is 0 Å². The van der Waals surface area contributed by atoms with Crippen molar-refractivity contribution in [2.24, 2.45) is 0 Å². The number of aliphatic hydroxyl groups excluding tert-OH is 1. The van der Waals surface area contributed by atoms with E-state index in [1.165, 1.54) is 0 Å². The van der Waals surface area contributed by atoms with Gasteiger partial charge in [-0.05, 0) is 49.6 Å². The largest absolute Gasteiger partial charge is 0.394 e. The molecule has 0 aliphatic heterocycles. The van der Waals surface area contributed by atoms with Gasteiger partial charge in [0.05, 0.1) is 24.2 Å². The van der Waals surface area contributed by atoms with Gasteiger partial charge in [0.15, 0.2) is 0 Å². The number of rotatable bonds is 5. The molecular weight excluding hydrogens is 328 g/mol. The Kier molecular flexibility index (Phi) is 5.14. The van der Waals surface area contributed by atoms with E-state index in [4.69, 9.17) is 0 Å². The zero-order chi connectivity index (χ0) is 18.7. The molecule has 3 aromatic rings. The molecule has 1 unspecified atom stereocenters. The Morgan fingerprint density at radius 3 is 2.54 bits per heavy atom. The molecule has 3 rings (SSSR count). The molecule has 134 valence electrons. The van der Waals surface area contributed by atoms with Crippen molar-refractivity contribution in [3.05, 3.63) is 65.5 Å². The third-order valence-corrected chi connectivity index (χ3v) is 4.33. The highest BCUT2D eigenvalue weighted by molar-refractivity contribution is 5.98. The van der Waals surface area contributed by atoms with Crippen molar-refractivity contribution in [1.29, 1.82) is 0 Å². The fourth-order valence-electron chi connectivity index (χ4n) is 2.82. The van der Waals surface area contributed by atoms with Gasteiger partial charge in [-0.15, -0.1) is 5.10 Å². The molecule has 0 aliphatic carbocycles. The second-order valence-electron chi connectivity index (χ2n) is 6.38. The van der Waals surface area contributed by atoms with Crippen LogP contribution in [-0.4, -0.2) is 38.7 Å². The molecule has 0 fully saturated rings. The summed E-state index contributed by atoms with van der Waals surface area (Å²) in [4.78, 5) is 12.8. The van der Waals surface area contributed by atoms with Crippen LogP contribution >= 0.6 is 0 Å². The standard InChI is InChI=1S/C20H22N4O2/c1-13(12-25)22-20(26)18-9-17(16-7-5-4-6-8-16)10-19(15(18)3)24-14(2)11-21-23-24/h4-11,13,25H,12H2,1-3H3,(H,22,26). The lowest BCUT2D eigenvalue weighted by atomic mass is 9.97. The summed E-state index contributed by atoms with van der Waals surface area (Å²) in [5.74, 6) is -0.221. The van der Waals surface area contributed by atoms with Crippen LogP contribution < -0.4 is 5.32 Å². The lowest BCUT2D eigenvalue weighted by molar-refractivity contribution is 0.0921. The van der Waals surface area contributed by atoms with Gasteiger partial charge in [-0.25, -0.2) is 4.68 Å². The van der Waals surface area contributed by atoms with Crippen LogP contribution in [0.2, 0.25) is 0 Å². The van der Waals surface area contributed by atoms with E-state index in [1.807, 2.05) is 56.3 Å². The van der Waals surface area contributed by atoms with E-state index in [9.17, 15) is 9.90 Å². The number of amides is 1. The number of nitrogens with one attached hydrogen (secondary N) is 1. The summed E-state index contributed by atoms with van der Waals surface area (Å²) in [6.07, 6.45) is 1.68. The highest BCUT2D eigenvalue weighted by Gasteiger charge is 2.18. The van der Waals surface area contributed by atoms with Crippen molar-refractivity contribution >= 4 is 5.91 Å². The van der Waals surface area contributed by atoms with Crippen LogP contribution in [0, 0.1) is 13.8 Å². The van der Waals surface area contributed by atoms with E-state index in [0.717, 1.165) is 28.1 Å². The van der Waals surface area contributed by atoms with Crippen molar-refractivity contribution < 1.29 is 9.90 Å². The van der Waals surface area contributed by atoms with Crippen LogP contribution in [0.1, 0.15) is 28.5 Å². The summed E-state index contributed by atoms with van der Waals surface area (Å²) >= 11 is 0. The molecule has 2 aromatic carbocycles. The predicted molar refractivity (Wildman–Crippen MR) is 100 cm³/mol. The van der Waals surface area contributed by atoms with Gasteiger partial charge < -0.3 is 10.4 Å². The van der Waals surface area contributed by atoms with Crippen molar-refractivity contribution in [3.63, 3.8) is 0 Å². The van der Waals surface area contributed by atoms with Crippen LogP contribution in [0.5, 0.6) is 0 Å². The SMILES string of the molecule is Cc1c(C(=O)NC(C)CO)cc(-c2ccccc2)cc1-n1nncc1C. The summed E-state index contributed by atoms with van der Waals surface area (Å²) in [7, 11) is 0. The third-order valence-electron chi connectivity index (χ3n) is 4.33. The first-order valence-corrected chi connectivity index (χ1v) is 8.50. The van der Waals surface area contributed by atoms with E-state index in [2.05, 4.69) is 15.6 Å². The Balaban J connectivity index is 2.17. The predicted octanol–water partition coefficient (Wildman–Crippen LogP) is 2.66. The quantitative estimate of drug-likeness (QED) is 0.741. The van der Waals surface area contributed by atoms with Gasteiger partial charge in [0, 0.05) is 11.6 Å². The fourth-order valence-corrected chi connectivity index (χ4v) is 2.82. The minimum atomic E-state index is -0.321. The maximum Gasteiger partial charge on any atom is 0.251 e. The zero-order valence-electron chi connectivity index (χ0n) is 15.1. The molecular formula is C20H22N4O2. The Labute approximate surface area is 152 Å². The first-order chi connectivity index (χ1) is 12.5. The van der Waals surface area contributed by atoms with Crippen LogP contribution in [0.25, 0.3) is 16.8 Å². The van der Waals surface area contributed by atoms with Crippen molar-refractivity contribution in [1.82, 2.24) is 20.3 Å². The van der Waals surface area contributed by atoms with Crippen molar-refractivity contribution in [2.75, 3.05) is 6.61 Å². The van der Waals surface area contributed by atoms with Crippen LogP contribution in [-0.2, 0) is 0 Å². The molecule has 1 aromatic heterocycles. The monoisotopic (exact) mass is 350 g/mol. The Morgan fingerprint density at radius 1 is 1.19 bits per heavy atom. The van der Waals surface area contributed by atoms with Gasteiger partial charge in [-0.1, -0.05) is 35.5 Å². The smallest absolute Gasteiger partial charge is 0.251 e. The average molecular weight is 350 g/mol. The van der Waals surface area contributed by atoms with Gasteiger partial charge in [-0.3, -0.25) is 4.79 Å². The molecule has 0 saturated heterocycles. The first-order valence-electron chi connectivity index (χ1n) is 8.50. The Morgan fingerprint density at radius 2 is 1.92 bits per heavy atom. The van der Waals surface area contributed by atoms with E-state index in [-0.39, 0.29) is 18.6 Å². The maximum atomic E-state index is 12.8. The number of aromatic nitrogens is 3. The highest BCUT2D eigenvalue weighted by Crippen LogP contribution is 2.28. The number of aryl methyl sites for hydroxylation is 1. The molecule has 6 heteroatoms. The molecule has 0 bridgehead atoms. The van der Waals surface area contributed by atoms with Crippen LogP contribution in [0.15, 0.2) is 48.7 Å². The van der Waals surface area contributed by atoms with E-state index in [0.29, 0.717) is 5.56 Å². The minimum absolute atomic E-state index is 0.113. The number of nitrogens with zero attached hydrogens (tertiary/aromatic N) is 3. The zero-order valence-corrected chi connectivity index (χ0v) is 15.1. The number of carbonyl (C=O) groups is 1. The van der Waals surface area contributed by atoms with E-state index < -0.39 is 0 Å². The second-order valence-corrected chi connectivity index (χ2v) is 6.38. The molecule has 0 aliphatic rings. The number of aliphatic hydroxyl groups is 1. The second kappa shape index (κ2) is 7.49. The van der Waals surface area contributed by atoms with Crippen molar-refractivity contribution in [3.8, 4) is 16.8 Å². The Hall–Kier alpha value is -2.99. The normalized spacial score (nSPS) is 12.0. The van der Waals surface area contributed by atoms with Gasteiger partial charge in [0.2, 0.25) is 0 Å². The summed E-state index contributed by atoms with van der Waals surface area (Å²) < 4.78 is 1.73. The fraction of sp³-hybridized carbons (Fsp3) is 0.250. The summed E-state index contributed by atoms with van der Waals surface area (Å²) in [5, 5.41) is 20.2. The number of hydrogen-bond donors (Lipinski definition) is 2. The van der Waals surface area contributed by atoms with Crippen molar-refractivity contribution in [2.45, 2.75) is 26.8 Å². The molecule has 26 heavy (non-hydrogen) atoms. The first kappa shape index (κ1) is 17.8. The molecule has 1 heterocycles. The topological polar surface area (TPSA) is 80.0 Å². The average Bonchev–Trinajstić information content (AvgIpc) is 3.08. The van der Waals surface area contributed by atoms with Gasteiger partial charge in [-0.2, -0.15) is 0 Å². The molecule has 0 saturated carbocycles. The number of benzene rings is 2. The Bertz CT molecular complexity index is 919. The molecule has 0 spiro atoms. The lowest BCUT2D eigenvalue weighted by Crippen LogP contribution is -2.35. The number of carbonyl (C=O) groups excluding carboxylic acids is 1. The van der Waals surface area contributed by atoms with E-state index >= 15 is 0 Å². The van der Waals surface area contributed by atoms with E-state index in [1.54, 1.807) is 17.8 Å². The summed E-state index contributed by atoms with van der Waals surface area (Å²) in [6.45, 7) is 5.46. The minimum Gasteiger partial charge on any atom is -0.394 e. The van der Waals surface area contributed by atoms with Crippen LogP contribution in [0.3, 0.4) is 0 Å². The number of hydrogen-bond acceptors (Lipinski definition) is 4. The van der Waals surface area contributed by atoms with Gasteiger partial charge in [0.1, 0.15) is 0 Å². The molecule has 1 amide bonds. The summed E-state index contributed by atoms with van der Waals surface area (Å²) in [6, 6.07) is 13.4. The molecule has 1 atom stereocenters. The molecule has 6 nitrogen and oxygen atoms in total. The van der Waals surface area contributed by atoms with Crippen LogP contribution in [0.4, 0.5) is 0 Å². The highest BCUT2D eigenvalue weighted by atomic mass is 16.3. The molecule has 2 N–H and O–H groups in total. The molecule has 0 radical (unpaired) electrons. The van der Waals surface area contributed by atoms with Gasteiger partial charge in [0.25, 0.3) is 5.91 Å².